The van der Waals surface area contributed by atoms with Crippen molar-refractivity contribution in [3.05, 3.63) is 107 Å². The third-order valence-electron chi connectivity index (χ3n) is 5.75. The molecule has 0 saturated heterocycles. The predicted molar refractivity (Wildman–Crippen MR) is 130 cm³/mol. The molecule has 2 heteroatoms. The number of hydrogen-bond donors (Lipinski definition) is 0. The molecule has 0 radical (unpaired) electrons. The summed E-state index contributed by atoms with van der Waals surface area (Å²) in [6, 6.07) is 24.8. The van der Waals surface area contributed by atoms with Gasteiger partial charge in [-0.3, -0.25) is 0 Å². The second-order valence-corrected chi connectivity index (χ2v) is 8.13. The Morgan fingerprint density at radius 3 is 2.03 bits per heavy atom. The van der Waals surface area contributed by atoms with Crippen LogP contribution in [0.25, 0.3) is 21.9 Å². The number of fused-ring (bicyclic) bond motifs is 1. The Morgan fingerprint density at radius 2 is 1.31 bits per heavy atom. The van der Waals surface area contributed by atoms with Gasteiger partial charge in [0.15, 0.2) is 11.6 Å². The quantitative estimate of drug-likeness (QED) is 0.216. The van der Waals surface area contributed by atoms with E-state index in [9.17, 15) is 8.78 Å². The SMILES string of the molecule is CCCCCCc1ccc(-c2ccc(C#Cc3ccc4c(F)c(F)ccc4c3)cc2)cc1. The molecule has 0 spiro atoms. The lowest BCUT2D eigenvalue weighted by atomic mass is 10.00. The molecular weight excluding hydrogens is 398 g/mol. The van der Waals surface area contributed by atoms with Gasteiger partial charge in [-0.05, 0) is 65.3 Å². The van der Waals surface area contributed by atoms with Crippen molar-refractivity contribution in [1.82, 2.24) is 0 Å². The van der Waals surface area contributed by atoms with Crippen LogP contribution in [0, 0.1) is 23.5 Å². The Kier molecular flexibility index (Phi) is 6.97. The van der Waals surface area contributed by atoms with Crippen molar-refractivity contribution in [2.45, 2.75) is 39.0 Å². The maximum atomic E-state index is 13.9. The minimum Gasteiger partial charge on any atom is -0.204 e. The zero-order valence-corrected chi connectivity index (χ0v) is 18.3. The average molecular weight is 425 g/mol. The Balaban J connectivity index is 1.44. The van der Waals surface area contributed by atoms with E-state index >= 15 is 0 Å². The van der Waals surface area contributed by atoms with Gasteiger partial charge in [0.1, 0.15) is 0 Å². The van der Waals surface area contributed by atoms with Crippen LogP contribution in [0.2, 0.25) is 0 Å². The Bertz CT molecular complexity index is 1260. The third-order valence-corrected chi connectivity index (χ3v) is 5.75. The summed E-state index contributed by atoms with van der Waals surface area (Å²) in [7, 11) is 0. The molecule has 4 rings (SSSR count). The fourth-order valence-corrected chi connectivity index (χ4v) is 3.85. The lowest BCUT2D eigenvalue weighted by Crippen LogP contribution is -1.87. The summed E-state index contributed by atoms with van der Waals surface area (Å²) in [4.78, 5) is 0. The number of rotatable bonds is 6. The molecule has 0 aliphatic rings. The lowest BCUT2D eigenvalue weighted by Gasteiger charge is -2.05. The fraction of sp³-hybridized carbons (Fsp3) is 0.200. The molecule has 0 amide bonds. The molecule has 4 aromatic carbocycles. The molecule has 0 bridgehead atoms. The maximum absolute atomic E-state index is 13.9. The highest BCUT2D eigenvalue weighted by atomic mass is 19.2. The van der Waals surface area contributed by atoms with Crippen LogP contribution < -0.4 is 0 Å². The summed E-state index contributed by atoms with van der Waals surface area (Å²) in [5.74, 6) is 4.62. The van der Waals surface area contributed by atoms with Crippen LogP contribution in [-0.4, -0.2) is 0 Å². The molecule has 0 atom stereocenters. The van der Waals surface area contributed by atoms with Crippen LogP contribution >= 0.6 is 0 Å². The van der Waals surface area contributed by atoms with Crippen LogP contribution in [0.4, 0.5) is 8.78 Å². The topological polar surface area (TPSA) is 0 Å². The second-order valence-electron chi connectivity index (χ2n) is 8.13. The molecule has 0 aromatic heterocycles. The molecule has 0 unspecified atom stereocenters. The Hall–Kier alpha value is -3.44. The number of aryl methyl sites for hydroxylation is 1. The summed E-state index contributed by atoms with van der Waals surface area (Å²) in [5, 5.41) is 0.909. The summed E-state index contributed by atoms with van der Waals surface area (Å²) in [5.41, 5.74) is 5.43. The molecular formula is C30H26F2. The van der Waals surface area contributed by atoms with Crippen molar-refractivity contribution in [3.63, 3.8) is 0 Å². The van der Waals surface area contributed by atoms with Crippen LogP contribution in [0.1, 0.15) is 49.3 Å². The van der Waals surface area contributed by atoms with E-state index in [1.165, 1.54) is 36.8 Å². The smallest absolute Gasteiger partial charge is 0.166 e. The van der Waals surface area contributed by atoms with Gasteiger partial charge >= 0.3 is 0 Å². The summed E-state index contributed by atoms with van der Waals surface area (Å²) in [6.45, 7) is 2.24. The van der Waals surface area contributed by atoms with Crippen molar-refractivity contribution >= 4 is 10.8 Å². The number of unbranched alkanes of at least 4 members (excludes halogenated alkanes) is 3. The molecule has 0 aliphatic carbocycles. The zero-order chi connectivity index (χ0) is 22.3. The highest BCUT2D eigenvalue weighted by Gasteiger charge is 2.06. The molecule has 0 nitrogen and oxygen atoms in total. The summed E-state index contributed by atoms with van der Waals surface area (Å²) in [6.07, 6.45) is 6.28. The van der Waals surface area contributed by atoms with Crippen LogP contribution in [0.5, 0.6) is 0 Å². The highest BCUT2D eigenvalue weighted by Crippen LogP contribution is 2.23. The minimum absolute atomic E-state index is 0.270. The van der Waals surface area contributed by atoms with Gasteiger partial charge in [-0.1, -0.05) is 86.6 Å². The Labute approximate surface area is 188 Å². The fourth-order valence-electron chi connectivity index (χ4n) is 3.85. The molecule has 32 heavy (non-hydrogen) atoms. The van der Waals surface area contributed by atoms with Gasteiger partial charge in [0.2, 0.25) is 0 Å². The first-order valence-corrected chi connectivity index (χ1v) is 11.2. The molecule has 160 valence electrons. The minimum atomic E-state index is -0.835. The van der Waals surface area contributed by atoms with Crippen molar-refractivity contribution in [3.8, 4) is 23.0 Å². The van der Waals surface area contributed by atoms with Gasteiger partial charge in [0.25, 0.3) is 0 Å². The van der Waals surface area contributed by atoms with E-state index in [4.69, 9.17) is 0 Å². The van der Waals surface area contributed by atoms with Gasteiger partial charge < -0.3 is 0 Å². The van der Waals surface area contributed by atoms with Gasteiger partial charge in [-0.25, -0.2) is 8.78 Å². The van der Waals surface area contributed by atoms with E-state index in [-0.39, 0.29) is 5.39 Å². The molecule has 0 heterocycles. The molecule has 4 aromatic rings. The van der Waals surface area contributed by atoms with Gasteiger partial charge in [-0.2, -0.15) is 0 Å². The van der Waals surface area contributed by atoms with E-state index in [0.717, 1.165) is 29.2 Å². The van der Waals surface area contributed by atoms with Crippen LogP contribution in [-0.2, 0) is 6.42 Å². The van der Waals surface area contributed by atoms with E-state index in [0.29, 0.717) is 5.39 Å². The first-order chi connectivity index (χ1) is 15.6. The van der Waals surface area contributed by atoms with Crippen LogP contribution in [0.15, 0.2) is 78.9 Å². The van der Waals surface area contributed by atoms with Crippen molar-refractivity contribution < 1.29 is 8.78 Å². The van der Waals surface area contributed by atoms with Gasteiger partial charge in [-0.15, -0.1) is 0 Å². The average Bonchev–Trinajstić information content (AvgIpc) is 2.84. The monoisotopic (exact) mass is 424 g/mol. The Morgan fingerprint density at radius 1 is 0.656 bits per heavy atom. The first kappa shape index (κ1) is 21.8. The van der Waals surface area contributed by atoms with E-state index < -0.39 is 11.6 Å². The summed E-state index contributed by atoms with van der Waals surface area (Å²) >= 11 is 0. The van der Waals surface area contributed by atoms with Crippen LogP contribution in [0.3, 0.4) is 0 Å². The van der Waals surface area contributed by atoms with Gasteiger partial charge in [0, 0.05) is 16.5 Å². The lowest BCUT2D eigenvalue weighted by molar-refractivity contribution is 0.517. The standard InChI is InChI=1S/C30H26F2/c1-2-3-4-5-6-22-9-14-25(15-10-22)26-16-11-23(12-17-26)7-8-24-13-19-28-27(21-24)18-20-29(31)30(28)32/h9-21H,2-6H2,1H3. The number of halogens is 2. The second kappa shape index (κ2) is 10.2. The first-order valence-electron chi connectivity index (χ1n) is 11.2. The van der Waals surface area contributed by atoms with E-state index in [1.807, 2.05) is 12.1 Å². The zero-order valence-electron chi connectivity index (χ0n) is 18.3. The van der Waals surface area contributed by atoms with Crippen molar-refractivity contribution in [2.75, 3.05) is 0 Å². The maximum Gasteiger partial charge on any atom is 0.166 e. The normalized spacial score (nSPS) is 10.7. The number of hydrogen-bond acceptors (Lipinski definition) is 0. The highest BCUT2D eigenvalue weighted by molar-refractivity contribution is 5.84. The van der Waals surface area contributed by atoms with E-state index in [2.05, 4.69) is 55.2 Å². The number of benzene rings is 4. The molecule has 0 N–H and O–H groups in total. The molecule has 0 aliphatic heterocycles. The molecule has 0 fully saturated rings. The third kappa shape index (κ3) is 5.24. The molecule has 0 saturated carbocycles. The predicted octanol–water partition coefficient (Wildman–Crippen LogP) is 8.31. The van der Waals surface area contributed by atoms with Crippen molar-refractivity contribution in [2.24, 2.45) is 0 Å². The van der Waals surface area contributed by atoms with Crippen molar-refractivity contribution in [1.29, 1.82) is 0 Å². The largest absolute Gasteiger partial charge is 0.204 e. The van der Waals surface area contributed by atoms with E-state index in [1.54, 1.807) is 24.3 Å². The summed E-state index contributed by atoms with van der Waals surface area (Å²) < 4.78 is 27.2. The van der Waals surface area contributed by atoms with Gasteiger partial charge in [0.05, 0.1) is 0 Å².